The number of anilines is 2. The highest BCUT2D eigenvalue weighted by Gasteiger charge is 2.24. The van der Waals surface area contributed by atoms with Crippen LogP contribution >= 0.6 is 11.5 Å². The van der Waals surface area contributed by atoms with Crippen LogP contribution in [0.3, 0.4) is 0 Å². The second-order valence-corrected chi connectivity index (χ2v) is 9.04. The van der Waals surface area contributed by atoms with E-state index in [1.807, 2.05) is 39.0 Å². The molecule has 0 fully saturated rings. The quantitative estimate of drug-likeness (QED) is 0.617. The van der Waals surface area contributed by atoms with Gasteiger partial charge in [0.1, 0.15) is 5.69 Å². The molecule has 3 rings (SSSR count). The Bertz CT molecular complexity index is 1150. The molecule has 0 aliphatic rings. The molecule has 2 heterocycles. The molecule has 0 atom stereocenters. The minimum absolute atomic E-state index is 0.0776. The summed E-state index contributed by atoms with van der Waals surface area (Å²) in [5.74, 6) is -0.529. The third kappa shape index (κ3) is 4.54. The molecule has 0 aliphatic heterocycles. The van der Waals surface area contributed by atoms with E-state index in [1.54, 1.807) is 6.07 Å². The Hall–Kier alpha value is -2.98. The van der Waals surface area contributed by atoms with Crippen molar-refractivity contribution >= 4 is 38.8 Å². The highest BCUT2D eigenvalue weighted by atomic mass is 32.2. The number of carbonyl (C=O) groups is 1. The molecule has 2 N–H and O–H groups in total. The second-order valence-electron chi connectivity index (χ2n) is 6.38. The minimum atomic E-state index is -4.02. The van der Waals surface area contributed by atoms with Crippen molar-refractivity contribution < 1.29 is 17.9 Å². The molecule has 0 saturated heterocycles. The van der Waals surface area contributed by atoms with Crippen molar-refractivity contribution in [2.24, 2.45) is 0 Å². The fourth-order valence-electron chi connectivity index (χ4n) is 2.68. The highest BCUT2D eigenvalue weighted by Crippen LogP contribution is 2.29. The summed E-state index contributed by atoms with van der Waals surface area (Å²) in [5, 5.41) is 2.62. The first-order valence-electron chi connectivity index (χ1n) is 8.59. The number of hydrogen-bond donors (Lipinski definition) is 2. The molecular formula is C19H20N4O4S2. The fraction of sp³-hybridized carbons (Fsp3) is 0.211. The minimum Gasteiger partial charge on any atom is -0.480 e. The van der Waals surface area contributed by atoms with Crippen molar-refractivity contribution in [2.75, 3.05) is 17.1 Å². The summed E-state index contributed by atoms with van der Waals surface area (Å²) in [6.45, 7) is 5.47. The van der Waals surface area contributed by atoms with E-state index >= 15 is 0 Å². The van der Waals surface area contributed by atoms with Gasteiger partial charge in [-0.15, -0.1) is 0 Å². The Morgan fingerprint density at radius 3 is 2.41 bits per heavy atom. The van der Waals surface area contributed by atoms with E-state index in [4.69, 9.17) is 4.74 Å². The van der Waals surface area contributed by atoms with Gasteiger partial charge in [-0.05, 0) is 55.6 Å². The Morgan fingerprint density at radius 1 is 1.14 bits per heavy atom. The number of rotatable bonds is 6. The van der Waals surface area contributed by atoms with Gasteiger partial charge in [-0.3, -0.25) is 9.52 Å². The number of sulfonamides is 1. The van der Waals surface area contributed by atoms with Crippen LogP contribution in [0.4, 0.5) is 11.4 Å². The average molecular weight is 433 g/mol. The van der Waals surface area contributed by atoms with Crippen molar-refractivity contribution in [3.63, 3.8) is 0 Å². The lowest BCUT2D eigenvalue weighted by atomic mass is 10.1. The summed E-state index contributed by atoms with van der Waals surface area (Å²) in [6.07, 6.45) is 1.33. The predicted molar refractivity (Wildman–Crippen MR) is 112 cm³/mol. The van der Waals surface area contributed by atoms with Crippen molar-refractivity contribution in [3.8, 4) is 5.88 Å². The van der Waals surface area contributed by atoms with Gasteiger partial charge in [-0.2, -0.15) is 4.37 Å². The van der Waals surface area contributed by atoms with Crippen LogP contribution in [0.1, 0.15) is 26.5 Å². The van der Waals surface area contributed by atoms with E-state index in [-0.39, 0.29) is 22.2 Å². The van der Waals surface area contributed by atoms with Crippen LogP contribution < -0.4 is 14.8 Å². The van der Waals surface area contributed by atoms with Crippen molar-refractivity contribution in [2.45, 2.75) is 25.7 Å². The Balaban J connectivity index is 1.95. The maximum Gasteiger partial charge on any atom is 0.275 e. The zero-order valence-corrected chi connectivity index (χ0v) is 17.9. The predicted octanol–water partition coefficient (Wildman–Crippen LogP) is 3.53. The van der Waals surface area contributed by atoms with Gasteiger partial charge in [0, 0.05) is 4.88 Å². The summed E-state index contributed by atoms with van der Waals surface area (Å²) in [7, 11) is -2.69. The summed E-state index contributed by atoms with van der Waals surface area (Å²) >= 11 is 1.21. The van der Waals surface area contributed by atoms with Crippen LogP contribution in [0.5, 0.6) is 5.88 Å². The van der Waals surface area contributed by atoms with Crippen LogP contribution in [0.25, 0.3) is 0 Å². The normalized spacial score (nSPS) is 11.2. The number of hydrogen-bond acceptors (Lipinski definition) is 7. The summed E-state index contributed by atoms with van der Waals surface area (Å²) in [5.41, 5.74) is 2.51. The van der Waals surface area contributed by atoms with Crippen molar-refractivity contribution in [1.29, 1.82) is 0 Å². The molecule has 1 amide bonds. The van der Waals surface area contributed by atoms with Crippen molar-refractivity contribution in [3.05, 3.63) is 58.2 Å². The Kier molecular flexibility index (Phi) is 5.85. The van der Waals surface area contributed by atoms with Crippen LogP contribution in [-0.4, -0.2) is 30.8 Å². The fourth-order valence-corrected chi connectivity index (χ4v) is 4.57. The number of pyridine rings is 1. The molecule has 8 nitrogen and oxygen atoms in total. The van der Waals surface area contributed by atoms with Gasteiger partial charge in [0.15, 0.2) is 4.90 Å². The van der Waals surface area contributed by atoms with E-state index in [0.717, 1.165) is 16.0 Å². The first-order chi connectivity index (χ1) is 13.7. The molecule has 2 aromatic heterocycles. The molecule has 0 unspecified atom stereocenters. The highest BCUT2D eigenvalue weighted by molar-refractivity contribution is 7.92. The lowest BCUT2D eigenvalue weighted by Crippen LogP contribution is -2.18. The van der Waals surface area contributed by atoms with Crippen LogP contribution in [0.2, 0.25) is 0 Å². The number of methoxy groups -OCH3 is 1. The number of nitrogens with zero attached hydrogens (tertiary/aromatic N) is 2. The molecule has 0 saturated carbocycles. The van der Waals surface area contributed by atoms with Crippen molar-refractivity contribution in [1.82, 2.24) is 9.36 Å². The van der Waals surface area contributed by atoms with E-state index in [2.05, 4.69) is 19.4 Å². The smallest absolute Gasteiger partial charge is 0.275 e. The second kappa shape index (κ2) is 8.18. The number of ether oxygens (including phenoxy) is 1. The first-order valence-corrected chi connectivity index (χ1v) is 10.8. The summed E-state index contributed by atoms with van der Waals surface area (Å²) < 4.78 is 37.8. The largest absolute Gasteiger partial charge is 0.480 e. The molecule has 3 aromatic rings. The number of amides is 1. The van der Waals surface area contributed by atoms with Gasteiger partial charge in [-0.25, -0.2) is 13.4 Å². The first kappa shape index (κ1) is 20.7. The molecule has 0 radical (unpaired) electrons. The lowest BCUT2D eigenvalue weighted by Gasteiger charge is -2.15. The number of para-hydroxylation sites is 1. The van der Waals surface area contributed by atoms with Gasteiger partial charge in [0.2, 0.25) is 5.88 Å². The van der Waals surface area contributed by atoms with E-state index in [1.165, 1.54) is 30.9 Å². The van der Waals surface area contributed by atoms with Gasteiger partial charge >= 0.3 is 0 Å². The summed E-state index contributed by atoms with van der Waals surface area (Å²) in [6, 6.07) is 8.43. The Labute approximate surface area is 173 Å². The zero-order chi connectivity index (χ0) is 21.2. The molecule has 10 heteroatoms. The van der Waals surface area contributed by atoms with E-state index < -0.39 is 15.9 Å². The van der Waals surface area contributed by atoms with Gasteiger partial charge in [0.25, 0.3) is 15.9 Å². The monoisotopic (exact) mass is 432 g/mol. The van der Waals surface area contributed by atoms with Gasteiger partial charge in [0.05, 0.1) is 24.7 Å². The van der Waals surface area contributed by atoms with Gasteiger partial charge < -0.3 is 10.1 Å². The SMILES string of the molecule is COc1ncc(NC(=O)c2cc(C)sn2)cc1S(=O)(=O)Nc1c(C)cccc1C. The lowest BCUT2D eigenvalue weighted by molar-refractivity contribution is 0.102. The number of aromatic nitrogens is 2. The third-order valence-corrected chi connectivity index (χ3v) is 6.18. The molecule has 0 spiro atoms. The van der Waals surface area contributed by atoms with E-state index in [9.17, 15) is 13.2 Å². The number of nitrogens with one attached hydrogen (secondary N) is 2. The maximum absolute atomic E-state index is 13.0. The zero-order valence-electron chi connectivity index (χ0n) is 16.3. The number of aryl methyl sites for hydroxylation is 3. The standard InChI is InChI=1S/C19H20N4O4S2/c1-11-6-5-7-12(2)17(11)23-29(25,26)16-9-14(10-20-19(16)27-4)21-18(24)15-8-13(3)28-22-15/h5-10,23H,1-4H3,(H,21,24). The van der Waals surface area contributed by atoms with Crippen LogP contribution in [-0.2, 0) is 10.0 Å². The number of carbonyl (C=O) groups excluding carboxylic acids is 1. The molecular weight excluding hydrogens is 412 g/mol. The summed E-state index contributed by atoms with van der Waals surface area (Å²) in [4.78, 5) is 17.1. The average Bonchev–Trinajstić information content (AvgIpc) is 3.11. The van der Waals surface area contributed by atoms with Crippen LogP contribution in [0.15, 0.2) is 41.4 Å². The molecule has 1 aromatic carbocycles. The maximum atomic E-state index is 13.0. The van der Waals surface area contributed by atoms with E-state index in [0.29, 0.717) is 5.69 Å². The molecule has 0 aliphatic carbocycles. The number of benzene rings is 1. The Morgan fingerprint density at radius 2 is 1.83 bits per heavy atom. The molecule has 29 heavy (non-hydrogen) atoms. The molecule has 0 bridgehead atoms. The molecule has 152 valence electrons. The topological polar surface area (TPSA) is 110 Å². The van der Waals surface area contributed by atoms with Crippen LogP contribution in [0, 0.1) is 20.8 Å². The third-order valence-electron chi connectivity index (χ3n) is 4.14. The van der Waals surface area contributed by atoms with Gasteiger partial charge in [-0.1, -0.05) is 18.2 Å².